The topological polar surface area (TPSA) is 64.1 Å². The standard InChI is InChI=1S/C26H32F3N3O4/c1-3-35-22-8-4-6-19-16-31-11-5-7-20(31)17-32(12-13-34-14-15-36-24(19)22)25(33)21-9-10-23(26(27,28)29)30-18(21)2/h4,6,8-10,20H,3,5,7,11-17H2,1-2H3/t20-/m0/s1. The maximum absolute atomic E-state index is 13.5. The number of para-hydroxylation sites is 1. The molecule has 196 valence electrons. The zero-order valence-corrected chi connectivity index (χ0v) is 20.6. The molecule has 1 saturated heterocycles. The van der Waals surface area contributed by atoms with Gasteiger partial charge in [0.05, 0.1) is 31.1 Å². The number of fused-ring (bicyclic) bond motifs is 2. The highest BCUT2D eigenvalue weighted by Crippen LogP contribution is 2.34. The Hall–Kier alpha value is -2.85. The average Bonchev–Trinajstić information content (AvgIpc) is 3.27. The van der Waals surface area contributed by atoms with Crippen molar-refractivity contribution in [1.29, 1.82) is 0 Å². The molecule has 3 heterocycles. The van der Waals surface area contributed by atoms with Crippen LogP contribution in [0.1, 0.15) is 47.1 Å². The van der Waals surface area contributed by atoms with Gasteiger partial charge < -0.3 is 19.1 Å². The number of carbonyl (C=O) groups is 1. The van der Waals surface area contributed by atoms with E-state index in [4.69, 9.17) is 14.2 Å². The number of aryl methyl sites for hydroxylation is 1. The number of hydrogen-bond acceptors (Lipinski definition) is 6. The fraction of sp³-hybridized carbons (Fsp3) is 0.538. The summed E-state index contributed by atoms with van der Waals surface area (Å²) in [5, 5.41) is 0. The number of carbonyl (C=O) groups excluding carboxylic acids is 1. The van der Waals surface area contributed by atoms with Gasteiger partial charge in [0.2, 0.25) is 0 Å². The van der Waals surface area contributed by atoms with Crippen LogP contribution in [0.5, 0.6) is 11.5 Å². The third-order valence-corrected chi connectivity index (χ3v) is 6.54. The van der Waals surface area contributed by atoms with Crippen LogP contribution in [0.3, 0.4) is 0 Å². The molecule has 1 aromatic heterocycles. The quantitative estimate of drug-likeness (QED) is 0.617. The van der Waals surface area contributed by atoms with Gasteiger partial charge in [-0.05, 0) is 51.4 Å². The first-order chi connectivity index (χ1) is 17.3. The van der Waals surface area contributed by atoms with Crippen LogP contribution >= 0.6 is 0 Å². The number of alkyl halides is 3. The molecule has 10 heteroatoms. The van der Waals surface area contributed by atoms with Crippen LogP contribution in [0.25, 0.3) is 0 Å². The normalized spacial score (nSPS) is 19.8. The summed E-state index contributed by atoms with van der Waals surface area (Å²) in [6.07, 6.45) is -2.65. The molecule has 0 unspecified atom stereocenters. The van der Waals surface area contributed by atoms with Crippen LogP contribution in [0.15, 0.2) is 30.3 Å². The van der Waals surface area contributed by atoms with Crippen LogP contribution in [-0.4, -0.2) is 72.8 Å². The first-order valence-corrected chi connectivity index (χ1v) is 12.3. The average molecular weight is 508 g/mol. The van der Waals surface area contributed by atoms with Crippen LogP contribution in [0.4, 0.5) is 13.2 Å². The third kappa shape index (κ3) is 6.10. The Morgan fingerprint density at radius 1 is 1.17 bits per heavy atom. The summed E-state index contributed by atoms with van der Waals surface area (Å²) in [7, 11) is 0. The lowest BCUT2D eigenvalue weighted by atomic mass is 10.1. The monoisotopic (exact) mass is 507 g/mol. The largest absolute Gasteiger partial charge is 0.490 e. The second-order valence-corrected chi connectivity index (χ2v) is 8.98. The van der Waals surface area contributed by atoms with E-state index in [1.54, 1.807) is 4.90 Å². The number of hydrogen-bond donors (Lipinski definition) is 0. The molecule has 7 nitrogen and oxygen atoms in total. The van der Waals surface area contributed by atoms with Crippen LogP contribution in [-0.2, 0) is 17.5 Å². The number of amides is 1. The van der Waals surface area contributed by atoms with Gasteiger partial charge in [-0.3, -0.25) is 9.69 Å². The van der Waals surface area contributed by atoms with Gasteiger partial charge in [0.25, 0.3) is 5.91 Å². The highest BCUT2D eigenvalue weighted by Gasteiger charge is 2.34. The number of pyridine rings is 1. The van der Waals surface area contributed by atoms with E-state index in [-0.39, 0.29) is 29.8 Å². The maximum Gasteiger partial charge on any atom is 0.433 e. The smallest absolute Gasteiger partial charge is 0.433 e. The zero-order chi connectivity index (χ0) is 25.7. The minimum absolute atomic E-state index is 0.0627. The number of halogens is 3. The summed E-state index contributed by atoms with van der Waals surface area (Å²) in [5.41, 5.74) is 0.240. The summed E-state index contributed by atoms with van der Waals surface area (Å²) in [4.78, 5) is 21.1. The number of ether oxygens (including phenoxy) is 3. The van der Waals surface area contributed by atoms with E-state index in [9.17, 15) is 18.0 Å². The van der Waals surface area contributed by atoms with Crippen molar-refractivity contribution >= 4 is 5.91 Å². The molecule has 2 aliphatic heterocycles. The second kappa shape index (κ2) is 11.5. The van der Waals surface area contributed by atoms with Crippen LogP contribution in [0, 0.1) is 6.92 Å². The molecule has 2 aromatic rings. The van der Waals surface area contributed by atoms with Gasteiger partial charge in [-0.1, -0.05) is 12.1 Å². The molecule has 1 fully saturated rings. The number of aromatic nitrogens is 1. The molecular weight excluding hydrogens is 475 g/mol. The Bertz CT molecular complexity index is 1060. The van der Waals surface area contributed by atoms with Crippen molar-refractivity contribution in [2.75, 3.05) is 46.1 Å². The van der Waals surface area contributed by atoms with Gasteiger partial charge >= 0.3 is 6.18 Å². The van der Waals surface area contributed by atoms with E-state index in [0.29, 0.717) is 51.0 Å². The summed E-state index contributed by atoms with van der Waals surface area (Å²) in [6, 6.07) is 8.05. The van der Waals surface area contributed by atoms with Crippen molar-refractivity contribution in [2.24, 2.45) is 0 Å². The molecule has 1 atom stereocenters. The Labute approximate surface area is 209 Å². The number of nitrogens with zero attached hydrogens (tertiary/aromatic N) is 3. The molecule has 1 aromatic carbocycles. The van der Waals surface area contributed by atoms with Gasteiger partial charge in [0.1, 0.15) is 12.3 Å². The predicted molar refractivity (Wildman–Crippen MR) is 127 cm³/mol. The van der Waals surface area contributed by atoms with Crippen molar-refractivity contribution in [3.05, 3.63) is 52.8 Å². The maximum atomic E-state index is 13.5. The lowest BCUT2D eigenvalue weighted by molar-refractivity contribution is -0.141. The van der Waals surface area contributed by atoms with E-state index in [1.165, 1.54) is 13.0 Å². The molecule has 0 aliphatic carbocycles. The molecule has 1 amide bonds. The van der Waals surface area contributed by atoms with E-state index in [1.807, 2.05) is 25.1 Å². The van der Waals surface area contributed by atoms with Gasteiger partial charge in [-0.2, -0.15) is 13.2 Å². The van der Waals surface area contributed by atoms with Crippen molar-refractivity contribution < 1.29 is 32.2 Å². The molecule has 0 saturated carbocycles. The Kier molecular flexibility index (Phi) is 8.35. The molecule has 0 spiro atoms. The highest BCUT2D eigenvalue weighted by molar-refractivity contribution is 5.95. The van der Waals surface area contributed by atoms with Crippen LogP contribution < -0.4 is 9.47 Å². The molecule has 0 N–H and O–H groups in total. The van der Waals surface area contributed by atoms with Crippen molar-refractivity contribution in [1.82, 2.24) is 14.8 Å². The molecule has 2 aliphatic rings. The van der Waals surface area contributed by atoms with Crippen molar-refractivity contribution in [2.45, 2.75) is 45.5 Å². The van der Waals surface area contributed by atoms with E-state index in [2.05, 4.69) is 9.88 Å². The minimum Gasteiger partial charge on any atom is -0.490 e. The first kappa shape index (κ1) is 26.2. The molecule has 36 heavy (non-hydrogen) atoms. The highest BCUT2D eigenvalue weighted by atomic mass is 19.4. The lowest BCUT2D eigenvalue weighted by Crippen LogP contribution is -2.44. The van der Waals surface area contributed by atoms with Gasteiger partial charge in [0, 0.05) is 31.2 Å². The SMILES string of the molecule is CCOc1cccc2c1OCCOCCN(C(=O)c1ccc(C(F)(F)F)nc1C)C[C@@H]1CCCN1C2. The zero-order valence-electron chi connectivity index (χ0n) is 20.6. The van der Waals surface area contributed by atoms with Crippen LogP contribution in [0.2, 0.25) is 0 Å². The van der Waals surface area contributed by atoms with Gasteiger partial charge in [-0.25, -0.2) is 4.98 Å². The lowest BCUT2D eigenvalue weighted by Gasteiger charge is -2.31. The van der Waals surface area contributed by atoms with E-state index in [0.717, 1.165) is 31.0 Å². The minimum atomic E-state index is -4.56. The molecule has 0 bridgehead atoms. The van der Waals surface area contributed by atoms with E-state index < -0.39 is 11.9 Å². The Morgan fingerprint density at radius 3 is 2.75 bits per heavy atom. The molecule has 4 rings (SSSR count). The summed E-state index contributed by atoms with van der Waals surface area (Å²) in [5.74, 6) is 1.07. The fourth-order valence-electron chi connectivity index (χ4n) is 4.77. The predicted octanol–water partition coefficient (Wildman–Crippen LogP) is 4.32. The molecular formula is C26H32F3N3O4. The first-order valence-electron chi connectivity index (χ1n) is 12.3. The summed E-state index contributed by atoms with van der Waals surface area (Å²) < 4.78 is 56.8. The second-order valence-electron chi connectivity index (χ2n) is 8.98. The number of benzene rings is 1. The Balaban J connectivity index is 1.58. The van der Waals surface area contributed by atoms with Crippen molar-refractivity contribution in [3.8, 4) is 11.5 Å². The molecule has 0 radical (unpaired) electrons. The third-order valence-electron chi connectivity index (χ3n) is 6.54. The number of rotatable bonds is 3. The van der Waals surface area contributed by atoms with Crippen molar-refractivity contribution in [3.63, 3.8) is 0 Å². The summed E-state index contributed by atoms with van der Waals surface area (Å²) >= 11 is 0. The van der Waals surface area contributed by atoms with Gasteiger partial charge in [-0.15, -0.1) is 0 Å². The van der Waals surface area contributed by atoms with Gasteiger partial charge in [0.15, 0.2) is 11.5 Å². The fourth-order valence-corrected chi connectivity index (χ4v) is 4.77. The Morgan fingerprint density at radius 2 is 2.00 bits per heavy atom. The summed E-state index contributed by atoms with van der Waals surface area (Å²) in [6.45, 7) is 7.13. The van der Waals surface area contributed by atoms with E-state index >= 15 is 0 Å².